The van der Waals surface area contributed by atoms with Crippen LogP contribution < -0.4 is 0 Å². The van der Waals surface area contributed by atoms with Crippen LogP contribution in [0, 0.1) is 6.92 Å². The van der Waals surface area contributed by atoms with Gasteiger partial charge in [0.05, 0.1) is 29.9 Å². The van der Waals surface area contributed by atoms with E-state index in [1.807, 2.05) is 0 Å². The van der Waals surface area contributed by atoms with Crippen LogP contribution in [0.15, 0.2) is 22.9 Å². The summed E-state index contributed by atoms with van der Waals surface area (Å²) in [6.45, 7) is 2.71. The Morgan fingerprint density at radius 1 is 1.61 bits per heavy atom. The van der Waals surface area contributed by atoms with E-state index in [1.54, 1.807) is 20.1 Å². The molecule has 2 aromatic rings. The van der Waals surface area contributed by atoms with Crippen molar-refractivity contribution in [1.82, 2.24) is 9.78 Å². The van der Waals surface area contributed by atoms with Crippen molar-refractivity contribution in [3.8, 4) is 0 Å². The van der Waals surface area contributed by atoms with Crippen LogP contribution in [0.1, 0.15) is 21.8 Å². The lowest BCUT2D eigenvalue weighted by Gasteiger charge is -2.05. The van der Waals surface area contributed by atoms with E-state index in [9.17, 15) is 4.79 Å². The number of ether oxygens (including phenoxy) is 1. The number of methoxy groups -OCH3 is 1. The van der Waals surface area contributed by atoms with E-state index in [1.165, 1.54) is 17.1 Å². The number of nitrogens with zero attached hydrogens (tertiary/aromatic N) is 2. The topological polar surface area (TPSA) is 57.3 Å². The Labute approximate surface area is 109 Å². The van der Waals surface area contributed by atoms with Crippen LogP contribution in [0.4, 0.5) is 0 Å². The summed E-state index contributed by atoms with van der Waals surface area (Å²) in [5, 5.41) is 4.39. The molecular weight excluding hydrogens is 256 g/mol. The van der Waals surface area contributed by atoms with Gasteiger partial charge in [-0.1, -0.05) is 11.6 Å². The van der Waals surface area contributed by atoms with Crippen molar-refractivity contribution in [2.75, 3.05) is 13.7 Å². The zero-order valence-electron chi connectivity index (χ0n) is 10.1. The van der Waals surface area contributed by atoms with Gasteiger partial charge in [-0.05, 0) is 13.0 Å². The summed E-state index contributed by atoms with van der Waals surface area (Å²) < 4.78 is 11.6. The highest BCUT2D eigenvalue weighted by atomic mass is 35.5. The molecule has 18 heavy (non-hydrogen) atoms. The van der Waals surface area contributed by atoms with Crippen molar-refractivity contribution >= 4 is 17.4 Å². The number of hydrogen-bond acceptors (Lipinski definition) is 4. The molecule has 0 aromatic carbocycles. The molecule has 0 spiro atoms. The van der Waals surface area contributed by atoms with Crippen LogP contribution in [0.25, 0.3) is 0 Å². The fourth-order valence-corrected chi connectivity index (χ4v) is 1.86. The summed E-state index contributed by atoms with van der Waals surface area (Å²) in [5.41, 5.74) is 0.822. The van der Waals surface area contributed by atoms with E-state index in [0.717, 1.165) is 0 Å². The number of aromatic nitrogens is 2. The molecule has 0 aliphatic heterocycles. The Kier molecular flexibility index (Phi) is 3.84. The molecule has 0 fully saturated rings. The zero-order valence-corrected chi connectivity index (χ0v) is 10.9. The van der Waals surface area contributed by atoms with Crippen LogP contribution in [0.2, 0.25) is 5.02 Å². The molecule has 0 aliphatic carbocycles. The van der Waals surface area contributed by atoms with Crippen molar-refractivity contribution in [1.29, 1.82) is 0 Å². The third-order valence-electron chi connectivity index (χ3n) is 2.51. The Bertz CT molecular complexity index is 559. The van der Waals surface area contributed by atoms with Gasteiger partial charge >= 0.3 is 0 Å². The molecule has 0 amide bonds. The monoisotopic (exact) mass is 268 g/mol. The normalized spacial score (nSPS) is 10.8. The predicted molar refractivity (Wildman–Crippen MR) is 66.0 cm³/mol. The lowest BCUT2D eigenvalue weighted by molar-refractivity contribution is 0.102. The van der Waals surface area contributed by atoms with Gasteiger partial charge in [-0.15, -0.1) is 0 Å². The number of carbonyl (C=O) groups excluding carboxylic acids is 1. The number of ketones is 1. The highest BCUT2D eigenvalue weighted by molar-refractivity contribution is 6.34. The summed E-state index contributed by atoms with van der Waals surface area (Å²) >= 11 is 6.00. The molecule has 2 aromatic heterocycles. The molecule has 0 N–H and O–H groups in total. The number of halogens is 1. The first kappa shape index (κ1) is 12.9. The Morgan fingerprint density at radius 2 is 2.39 bits per heavy atom. The number of rotatable bonds is 5. The van der Waals surface area contributed by atoms with E-state index >= 15 is 0 Å². The second-order valence-electron chi connectivity index (χ2n) is 3.83. The standard InChI is InChI=1S/C12H13ClN2O3/c1-8-5-9(7-18-8)12(16)11-10(13)6-14-15(11)3-4-17-2/h5-7H,3-4H2,1-2H3. The summed E-state index contributed by atoms with van der Waals surface area (Å²) in [4.78, 5) is 12.3. The summed E-state index contributed by atoms with van der Waals surface area (Å²) in [6, 6.07) is 1.67. The fraction of sp³-hybridized carbons (Fsp3) is 0.333. The average molecular weight is 269 g/mol. The van der Waals surface area contributed by atoms with Crippen molar-refractivity contribution in [2.24, 2.45) is 0 Å². The molecule has 0 saturated carbocycles. The minimum absolute atomic E-state index is 0.203. The number of hydrogen-bond donors (Lipinski definition) is 0. The van der Waals surface area contributed by atoms with Gasteiger partial charge in [0.25, 0.3) is 0 Å². The SMILES string of the molecule is COCCn1ncc(Cl)c1C(=O)c1coc(C)c1. The zero-order chi connectivity index (χ0) is 13.1. The first-order valence-corrected chi connectivity index (χ1v) is 5.81. The lowest BCUT2D eigenvalue weighted by Crippen LogP contribution is -2.14. The van der Waals surface area contributed by atoms with Crippen LogP contribution in [-0.2, 0) is 11.3 Å². The van der Waals surface area contributed by atoms with Crippen LogP contribution in [-0.4, -0.2) is 29.3 Å². The average Bonchev–Trinajstić information content (AvgIpc) is 2.92. The Morgan fingerprint density at radius 3 is 3.00 bits per heavy atom. The van der Waals surface area contributed by atoms with Gasteiger partial charge in [0.2, 0.25) is 5.78 Å². The molecule has 6 heteroatoms. The van der Waals surface area contributed by atoms with Crippen LogP contribution in [0.3, 0.4) is 0 Å². The number of furan rings is 1. The maximum atomic E-state index is 12.3. The third-order valence-corrected chi connectivity index (χ3v) is 2.79. The summed E-state index contributed by atoms with van der Waals surface area (Å²) in [6.07, 6.45) is 2.87. The van der Waals surface area contributed by atoms with Gasteiger partial charge in [-0.25, -0.2) is 0 Å². The van der Waals surface area contributed by atoms with Gasteiger partial charge in [0.15, 0.2) is 0 Å². The third kappa shape index (κ3) is 2.47. The van der Waals surface area contributed by atoms with Gasteiger partial charge in [0, 0.05) is 7.11 Å². The van der Waals surface area contributed by atoms with Gasteiger partial charge in [-0.3, -0.25) is 9.48 Å². The Hall–Kier alpha value is -1.59. The molecule has 0 radical (unpaired) electrons. The molecule has 0 atom stereocenters. The molecule has 96 valence electrons. The van der Waals surface area contributed by atoms with E-state index in [-0.39, 0.29) is 5.78 Å². The van der Waals surface area contributed by atoms with Crippen LogP contribution >= 0.6 is 11.6 Å². The highest BCUT2D eigenvalue weighted by Crippen LogP contribution is 2.20. The second-order valence-corrected chi connectivity index (χ2v) is 4.24. The first-order chi connectivity index (χ1) is 8.63. The molecular formula is C12H13ClN2O3. The molecule has 0 aliphatic rings. The predicted octanol–water partition coefficient (Wildman–Crippen LogP) is 2.32. The van der Waals surface area contributed by atoms with Gasteiger partial charge < -0.3 is 9.15 Å². The van der Waals surface area contributed by atoms with Crippen molar-refractivity contribution in [3.63, 3.8) is 0 Å². The molecule has 0 saturated heterocycles. The summed E-state index contributed by atoms with van der Waals surface area (Å²) in [7, 11) is 1.59. The van der Waals surface area contributed by atoms with Crippen LogP contribution in [0.5, 0.6) is 0 Å². The molecule has 2 heterocycles. The van der Waals surface area contributed by atoms with Gasteiger partial charge in [0.1, 0.15) is 17.7 Å². The van der Waals surface area contributed by atoms with E-state index in [4.69, 9.17) is 20.8 Å². The maximum Gasteiger partial charge on any atom is 0.215 e. The molecule has 2 rings (SSSR count). The second kappa shape index (κ2) is 5.37. The van der Waals surface area contributed by atoms with Crippen molar-refractivity contribution in [3.05, 3.63) is 40.6 Å². The first-order valence-electron chi connectivity index (χ1n) is 5.43. The van der Waals surface area contributed by atoms with Crippen molar-refractivity contribution < 1.29 is 13.9 Å². The fourth-order valence-electron chi connectivity index (χ4n) is 1.63. The highest BCUT2D eigenvalue weighted by Gasteiger charge is 2.20. The minimum atomic E-state index is -0.203. The van der Waals surface area contributed by atoms with Gasteiger partial charge in [-0.2, -0.15) is 5.10 Å². The Balaban J connectivity index is 2.32. The minimum Gasteiger partial charge on any atom is -0.469 e. The number of carbonyl (C=O) groups is 1. The molecule has 5 nitrogen and oxygen atoms in total. The smallest absolute Gasteiger partial charge is 0.215 e. The lowest BCUT2D eigenvalue weighted by atomic mass is 10.1. The van der Waals surface area contributed by atoms with E-state index < -0.39 is 0 Å². The largest absolute Gasteiger partial charge is 0.469 e. The maximum absolute atomic E-state index is 12.3. The quantitative estimate of drug-likeness (QED) is 0.781. The molecule has 0 bridgehead atoms. The van der Waals surface area contributed by atoms with Crippen molar-refractivity contribution in [2.45, 2.75) is 13.5 Å². The molecule has 0 unspecified atom stereocenters. The summed E-state index contributed by atoms with van der Waals surface area (Å²) in [5.74, 6) is 0.475. The van der Waals surface area contributed by atoms with E-state index in [2.05, 4.69) is 5.10 Å². The number of aryl methyl sites for hydroxylation is 1. The van der Waals surface area contributed by atoms with E-state index in [0.29, 0.717) is 35.2 Å².